The van der Waals surface area contributed by atoms with Gasteiger partial charge in [0.2, 0.25) is 0 Å². The Morgan fingerprint density at radius 1 is 0.762 bits per heavy atom. The van der Waals surface area contributed by atoms with Gasteiger partial charge in [-0.1, -0.05) is 85.8 Å². The van der Waals surface area contributed by atoms with Crippen LogP contribution in [0.5, 0.6) is 0 Å². The molecule has 0 radical (unpaired) electrons. The van der Waals surface area contributed by atoms with Crippen molar-refractivity contribution in [3.05, 3.63) is 95.6 Å². The second-order valence-corrected chi connectivity index (χ2v) is 5.84. The average Bonchev–Trinajstić information content (AvgIpc) is 2.55. The molecule has 0 bridgehead atoms. The van der Waals surface area contributed by atoms with Crippen molar-refractivity contribution in [3.63, 3.8) is 0 Å². The third-order valence-electron chi connectivity index (χ3n) is 4.35. The number of hydrogen-bond acceptors (Lipinski definition) is 0. The molecule has 2 aromatic carbocycles. The maximum Gasteiger partial charge on any atom is 0.00841 e. The molecule has 0 saturated heterocycles. The van der Waals surface area contributed by atoms with E-state index < -0.39 is 0 Å². The first-order valence-electron chi connectivity index (χ1n) is 7.81. The van der Waals surface area contributed by atoms with Gasteiger partial charge in [0.1, 0.15) is 0 Å². The maximum atomic E-state index is 2.34. The van der Waals surface area contributed by atoms with Gasteiger partial charge in [0.15, 0.2) is 0 Å². The van der Waals surface area contributed by atoms with Crippen LogP contribution in [0.25, 0.3) is 0 Å². The van der Waals surface area contributed by atoms with Crippen molar-refractivity contribution in [1.82, 2.24) is 0 Å². The van der Waals surface area contributed by atoms with Gasteiger partial charge in [-0.15, -0.1) is 0 Å². The van der Waals surface area contributed by atoms with E-state index in [0.717, 1.165) is 12.8 Å². The van der Waals surface area contributed by atoms with Crippen LogP contribution in [-0.2, 0) is 12.8 Å². The van der Waals surface area contributed by atoms with Crippen molar-refractivity contribution in [1.29, 1.82) is 0 Å². The molecule has 0 amide bonds. The lowest BCUT2D eigenvalue weighted by Crippen LogP contribution is -2.10. The summed E-state index contributed by atoms with van der Waals surface area (Å²) < 4.78 is 0. The number of hydrogen-bond donors (Lipinski definition) is 0. The van der Waals surface area contributed by atoms with Gasteiger partial charge in [-0.2, -0.15) is 0 Å². The Bertz CT molecular complexity index is 634. The second-order valence-electron chi connectivity index (χ2n) is 5.84. The van der Waals surface area contributed by atoms with Crippen LogP contribution >= 0.6 is 0 Å². The van der Waals surface area contributed by atoms with Crippen LogP contribution in [0, 0.1) is 5.92 Å². The summed E-state index contributed by atoms with van der Waals surface area (Å²) in [6, 6.07) is 19.7. The molecule has 0 fully saturated rings. The quantitative estimate of drug-likeness (QED) is 0.708. The predicted octanol–water partition coefficient (Wildman–Crippen LogP) is 5.32. The minimum atomic E-state index is 0.516. The van der Waals surface area contributed by atoms with E-state index in [2.05, 4.69) is 85.8 Å². The highest BCUT2D eigenvalue weighted by Crippen LogP contribution is 2.32. The molecule has 1 aliphatic rings. The molecule has 0 aliphatic heterocycles. The van der Waals surface area contributed by atoms with Gasteiger partial charge in [0.25, 0.3) is 0 Å². The van der Waals surface area contributed by atoms with Crippen LogP contribution in [0.2, 0.25) is 0 Å². The minimum absolute atomic E-state index is 0.516. The van der Waals surface area contributed by atoms with E-state index in [9.17, 15) is 0 Å². The molecule has 0 N–H and O–H groups in total. The van der Waals surface area contributed by atoms with Crippen molar-refractivity contribution in [3.8, 4) is 0 Å². The van der Waals surface area contributed by atoms with E-state index in [1.54, 1.807) is 0 Å². The van der Waals surface area contributed by atoms with E-state index in [1.807, 2.05) is 0 Å². The van der Waals surface area contributed by atoms with E-state index in [4.69, 9.17) is 0 Å². The molecule has 106 valence electrons. The summed E-state index contributed by atoms with van der Waals surface area (Å²) in [7, 11) is 0. The van der Waals surface area contributed by atoms with Crippen molar-refractivity contribution in [2.24, 2.45) is 5.92 Å². The molecule has 3 rings (SSSR count). The Kier molecular flexibility index (Phi) is 4.35. The molecule has 2 unspecified atom stereocenters. The van der Waals surface area contributed by atoms with Crippen molar-refractivity contribution in [2.45, 2.75) is 25.7 Å². The van der Waals surface area contributed by atoms with Gasteiger partial charge >= 0.3 is 0 Å². The zero-order valence-corrected chi connectivity index (χ0v) is 12.6. The standard InChI is InChI=1S/C21H22/c1-17-9-5-7-13-20(17)21-14-8-6-12-19(21)16-15-18-10-3-2-4-11-18/h2-14,17,20H,15-16H2,1H3. The van der Waals surface area contributed by atoms with Crippen LogP contribution in [0.4, 0.5) is 0 Å². The highest BCUT2D eigenvalue weighted by molar-refractivity contribution is 5.37. The number of benzene rings is 2. The van der Waals surface area contributed by atoms with Gasteiger partial charge in [0.05, 0.1) is 0 Å². The lowest BCUT2D eigenvalue weighted by Gasteiger charge is -2.23. The van der Waals surface area contributed by atoms with Gasteiger partial charge in [-0.25, -0.2) is 0 Å². The summed E-state index contributed by atoms with van der Waals surface area (Å²) in [5, 5.41) is 0. The van der Waals surface area contributed by atoms with E-state index in [-0.39, 0.29) is 0 Å². The summed E-state index contributed by atoms with van der Waals surface area (Å²) in [5.41, 5.74) is 4.39. The summed E-state index contributed by atoms with van der Waals surface area (Å²) >= 11 is 0. The van der Waals surface area contributed by atoms with Crippen LogP contribution in [0.15, 0.2) is 78.9 Å². The first-order chi connectivity index (χ1) is 10.3. The fourth-order valence-corrected chi connectivity index (χ4v) is 3.12. The lowest BCUT2D eigenvalue weighted by atomic mass is 9.81. The second kappa shape index (κ2) is 6.58. The van der Waals surface area contributed by atoms with E-state index in [1.165, 1.54) is 16.7 Å². The van der Waals surface area contributed by atoms with Crippen molar-refractivity contribution < 1.29 is 0 Å². The van der Waals surface area contributed by atoms with Gasteiger partial charge < -0.3 is 0 Å². The molecule has 2 aromatic rings. The summed E-state index contributed by atoms with van der Waals surface area (Å²) in [6.07, 6.45) is 11.2. The highest BCUT2D eigenvalue weighted by Gasteiger charge is 2.18. The molecule has 0 spiro atoms. The zero-order valence-electron chi connectivity index (χ0n) is 12.6. The predicted molar refractivity (Wildman–Crippen MR) is 90.5 cm³/mol. The molecular formula is C21H22. The first kappa shape index (κ1) is 13.9. The Morgan fingerprint density at radius 3 is 2.29 bits per heavy atom. The third kappa shape index (κ3) is 3.33. The van der Waals surface area contributed by atoms with Crippen LogP contribution in [0.1, 0.15) is 29.5 Å². The molecule has 0 nitrogen and oxygen atoms in total. The molecule has 0 heteroatoms. The highest BCUT2D eigenvalue weighted by atomic mass is 14.2. The molecule has 0 aromatic heterocycles. The summed E-state index contributed by atoms with van der Waals surface area (Å²) in [5.74, 6) is 1.09. The molecule has 1 aliphatic carbocycles. The van der Waals surface area contributed by atoms with Crippen LogP contribution in [0.3, 0.4) is 0 Å². The molecule has 0 saturated carbocycles. The largest absolute Gasteiger partial charge is 0.0808 e. The maximum absolute atomic E-state index is 2.34. The fourth-order valence-electron chi connectivity index (χ4n) is 3.12. The summed E-state index contributed by atoms with van der Waals surface area (Å²) in [6.45, 7) is 2.30. The van der Waals surface area contributed by atoms with E-state index in [0.29, 0.717) is 11.8 Å². The molecular weight excluding hydrogens is 252 g/mol. The van der Waals surface area contributed by atoms with Crippen molar-refractivity contribution >= 4 is 0 Å². The van der Waals surface area contributed by atoms with Gasteiger partial charge in [-0.05, 0) is 35.4 Å². The van der Waals surface area contributed by atoms with Crippen LogP contribution in [-0.4, -0.2) is 0 Å². The number of rotatable bonds is 4. The topological polar surface area (TPSA) is 0 Å². The molecule has 0 heterocycles. The minimum Gasteiger partial charge on any atom is -0.0808 e. The normalized spacial score (nSPS) is 20.6. The van der Waals surface area contributed by atoms with Crippen molar-refractivity contribution in [2.75, 3.05) is 0 Å². The SMILES string of the molecule is CC1C=CC=CC1c1ccccc1CCc1ccccc1. The van der Waals surface area contributed by atoms with Crippen LogP contribution < -0.4 is 0 Å². The lowest BCUT2D eigenvalue weighted by molar-refractivity contribution is 0.629. The third-order valence-corrected chi connectivity index (χ3v) is 4.35. The van der Waals surface area contributed by atoms with E-state index >= 15 is 0 Å². The monoisotopic (exact) mass is 274 g/mol. The van der Waals surface area contributed by atoms with Gasteiger partial charge in [0, 0.05) is 5.92 Å². The Labute approximate surface area is 127 Å². The number of aryl methyl sites for hydroxylation is 2. The smallest absolute Gasteiger partial charge is 0.00841 e. The Hall–Kier alpha value is -2.08. The average molecular weight is 274 g/mol. The zero-order chi connectivity index (χ0) is 14.5. The first-order valence-corrected chi connectivity index (χ1v) is 7.81. The Balaban J connectivity index is 1.80. The number of allylic oxidation sites excluding steroid dienone is 4. The van der Waals surface area contributed by atoms with Gasteiger partial charge in [-0.3, -0.25) is 0 Å². The molecule has 21 heavy (non-hydrogen) atoms. The molecule has 2 atom stereocenters. The Morgan fingerprint density at radius 2 is 1.48 bits per heavy atom. The summed E-state index contributed by atoms with van der Waals surface area (Å²) in [4.78, 5) is 0. The fraction of sp³-hybridized carbons (Fsp3) is 0.238.